The van der Waals surface area contributed by atoms with E-state index in [9.17, 15) is 0 Å². The van der Waals surface area contributed by atoms with Crippen molar-refractivity contribution in [3.8, 4) is 5.75 Å². The lowest BCUT2D eigenvalue weighted by Gasteiger charge is -2.30. The van der Waals surface area contributed by atoms with Crippen molar-refractivity contribution in [3.05, 3.63) is 29.3 Å². The highest BCUT2D eigenvalue weighted by Crippen LogP contribution is 2.32. The largest absolute Gasteiger partial charge is 0.496 e. The molecule has 1 saturated heterocycles. The molecule has 1 heterocycles. The number of rotatable bonds is 2. The van der Waals surface area contributed by atoms with Gasteiger partial charge in [-0.25, -0.2) is 0 Å². The van der Waals surface area contributed by atoms with Crippen LogP contribution in [0.1, 0.15) is 44.4 Å². The summed E-state index contributed by atoms with van der Waals surface area (Å²) in [4.78, 5) is 0. The number of benzene rings is 1. The highest BCUT2D eigenvalue weighted by molar-refractivity contribution is 5.38. The topological polar surface area (TPSA) is 30.5 Å². The van der Waals surface area contributed by atoms with Crippen molar-refractivity contribution in [1.82, 2.24) is 5.32 Å². The van der Waals surface area contributed by atoms with Crippen LogP contribution in [0.2, 0.25) is 0 Å². The molecule has 3 heteroatoms. The van der Waals surface area contributed by atoms with Crippen LogP contribution < -0.4 is 10.1 Å². The highest BCUT2D eigenvalue weighted by Gasteiger charge is 2.29. The molecule has 20 heavy (non-hydrogen) atoms. The predicted molar refractivity (Wildman–Crippen MR) is 82.3 cm³/mol. The zero-order chi connectivity index (χ0) is 14.8. The molecule has 0 bridgehead atoms. The molecular weight excluding hydrogens is 250 g/mol. The number of hydrogen-bond acceptors (Lipinski definition) is 3. The van der Waals surface area contributed by atoms with Gasteiger partial charge in [0.2, 0.25) is 0 Å². The van der Waals surface area contributed by atoms with E-state index in [4.69, 9.17) is 9.47 Å². The molecule has 1 aromatic rings. The van der Waals surface area contributed by atoms with Gasteiger partial charge in [0, 0.05) is 24.8 Å². The summed E-state index contributed by atoms with van der Waals surface area (Å²) < 4.78 is 11.6. The minimum absolute atomic E-state index is 0.0669. The fourth-order valence-corrected chi connectivity index (χ4v) is 2.78. The molecular formula is C17H27NO2. The van der Waals surface area contributed by atoms with Crippen molar-refractivity contribution < 1.29 is 9.47 Å². The van der Waals surface area contributed by atoms with E-state index >= 15 is 0 Å². The zero-order valence-electron chi connectivity index (χ0n) is 13.3. The summed E-state index contributed by atoms with van der Waals surface area (Å²) in [7, 11) is 1.72. The number of nitrogens with one attached hydrogen (secondary N) is 1. The fourth-order valence-electron chi connectivity index (χ4n) is 2.78. The van der Waals surface area contributed by atoms with Gasteiger partial charge in [-0.3, -0.25) is 0 Å². The standard InChI is InChI=1S/C17H27NO2/c1-12-6-7-14(19-5)13(10-12)15-11-18-16(8-9-20-15)17(2,3)4/h6-7,10,15-16,18H,8-9,11H2,1-5H3. The molecule has 3 nitrogen and oxygen atoms in total. The van der Waals surface area contributed by atoms with Gasteiger partial charge in [-0.15, -0.1) is 0 Å². The van der Waals surface area contributed by atoms with Crippen LogP contribution in [-0.2, 0) is 4.74 Å². The number of hydrogen-bond donors (Lipinski definition) is 1. The Morgan fingerprint density at radius 3 is 2.70 bits per heavy atom. The lowest BCUT2D eigenvalue weighted by molar-refractivity contribution is 0.0636. The molecule has 1 aliphatic heterocycles. The summed E-state index contributed by atoms with van der Waals surface area (Å²) >= 11 is 0. The van der Waals surface area contributed by atoms with Crippen molar-refractivity contribution >= 4 is 0 Å². The van der Waals surface area contributed by atoms with Gasteiger partial charge >= 0.3 is 0 Å². The van der Waals surface area contributed by atoms with Crippen LogP contribution in [0.4, 0.5) is 0 Å². The molecule has 0 radical (unpaired) electrons. The Kier molecular flexibility index (Phi) is 4.71. The molecule has 0 amide bonds. The van der Waals surface area contributed by atoms with E-state index in [1.165, 1.54) is 5.56 Å². The molecule has 1 fully saturated rings. The Balaban J connectivity index is 2.16. The average Bonchev–Trinajstić information content (AvgIpc) is 2.63. The number of ether oxygens (including phenoxy) is 2. The zero-order valence-corrected chi connectivity index (χ0v) is 13.3. The summed E-state index contributed by atoms with van der Waals surface area (Å²) in [6.45, 7) is 10.6. The monoisotopic (exact) mass is 277 g/mol. The first-order chi connectivity index (χ1) is 9.41. The molecule has 1 aliphatic rings. The van der Waals surface area contributed by atoms with Crippen LogP contribution in [0.5, 0.6) is 5.75 Å². The Morgan fingerprint density at radius 1 is 1.30 bits per heavy atom. The van der Waals surface area contributed by atoms with Gasteiger partial charge in [-0.1, -0.05) is 32.4 Å². The van der Waals surface area contributed by atoms with Crippen molar-refractivity contribution in [2.45, 2.75) is 46.3 Å². The second-order valence-corrected chi connectivity index (χ2v) is 6.72. The Hall–Kier alpha value is -1.06. The minimum Gasteiger partial charge on any atom is -0.496 e. The molecule has 0 saturated carbocycles. The van der Waals surface area contributed by atoms with Crippen LogP contribution in [0.15, 0.2) is 18.2 Å². The third-order valence-electron chi connectivity index (χ3n) is 4.05. The summed E-state index contributed by atoms with van der Waals surface area (Å²) in [5.41, 5.74) is 2.64. The summed E-state index contributed by atoms with van der Waals surface area (Å²) in [5, 5.41) is 3.66. The molecule has 2 rings (SSSR count). The van der Waals surface area contributed by atoms with Crippen molar-refractivity contribution in [3.63, 3.8) is 0 Å². The van der Waals surface area contributed by atoms with E-state index in [1.807, 2.05) is 6.07 Å². The van der Waals surface area contributed by atoms with Gasteiger partial charge in [-0.2, -0.15) is 0 Å². The van der Waals surface area contributed by atoms with Gasteiger partial charge in [0.05, 0.1) is 13.2 Å². The number of aryl methyl sites for hydroxylation is 1. The molecule has 0 aromatic heterocycles. The third kappa shape index (κ3) is 3.53. The second kappa shape index (κ2) is 6.15. The maximum atomic E-state index is 6.07. The SMILES string of the molecule is COc1ccc(C)cc1C1CNC(C(C)(C)C)CCO1. The minimum atomic E-state index is 0.0669. The van der Waals surface area contributed by atoms with Gasteiger partial charge < -0.3 is 14.8 Å². The van der Waals surface area contributed by atoms with Crippen LogP contribution in [-0.4, -0.2) is 26.3 Å². The first kappa shape index (κ1) is 15.3. The van der Waals surface area contributed by atoms with Gasteiger partial charge in [0.15, 0.2) is 0 Å². The summed E-state index contributed by atoms with van der Waals surface area (Å²) in [5.74, 6) is 0.914. The van der Waals surface area contributed by atoms with Crippen LogP contribution >= 0.6 is 0 Å². The molecule has 2 unspecified atom stereocenters. The molecule has 112 valence electrons. The van der Waals surface area contributed by atoms with E-state index in [-0.39, 0.29) is 11.5 Å². The summed E-state index contributed by atoms with van der Waals surface area (Å²) in [6, 6.07) is 6.76. The Bertz CT molecular complexity index is 451. The number of methoxy groups -OCH3 is 1. The lowest BCUT2D eigenvalue weighted by atomic mass is 9.85. The average molecular weight is 277 g/mol. The molecule has 1 aromatic carbocycles. The maximum Gasteiger partial charge on any atom is 0.124 e. The van der Waals surface area contributed by atoms with Crippen molar-refractivity contribution in [2.24, 2.45) is 5.41 Å². The van der Waals surface area contributed by atoms with Crippen LogP contribution in [0.25, 0.3) is 0 Å². The van der Waals surface area contributed by atoms with Gasteiger partial charge in [-0.05, 0) is 30.9 Å². The van der Waals surface area contributed by atoms with Gasteiger partial charge in [0.1, 0.15) is 5.75 Å². The second-order valence-electron chi connectivity index (χ2n) is 6.72. The highest BCUT2D eigenvalue weighted by atomic mass is 16.5. The third-order valence-corrected chi connectivity index (χ3v) is 4.05. The Morgan fingerprint density at radius 2 is 2.05 bits per heavy atom. The Labute approximate surface area is 122 Å². The van der Waals surface area contributed by atoms with E-state index in [0.29, 0.717) is 6.04 Å². The maximum absolute atomic E-state index is 6.07. The van der Waals surface area contributed by atoms with Crippen molar-refractivity contribution in [2.75, 3.05) is 20.3 Å². The van der Waals surface area contributed by atoms with E-state index in [0.717, 1.165) is 30.9 Å². The molecule has 2 atom stereocenters. The van der Waals surface area contributed by atoms with Crippen LogP contribution in [0, 0.1) is 12.3 Å². The first-order valence-electron chi connectivity index (χ1n) is 7.41. The van der Waals surface area contributed by atoms with E-state index in [2.05, 4.69) is 45.1 Å². The molecule has 0 spiro atoms. The smallest absolute Gasteiger partial charge is 0.124 e. The summed E-state index contributed by atoms with van der Waals surface area (Å²) in [6.07, 6.45) is 1.12. The van der Waals surface area contributed by atoms with Crippen LogP contribution in [0.3, 0.4) is 0 Å². The normalized spacial score (nSPS) is 24.2. The van der Waals surface area contributed by atoms with Crippen molar-refractivity contribution in [1.29, 1.82) is 0 Å². The first-order valence-corrected chi connectivity index (χ1v) is 7.41. The molecule has 1 N–H and O–H groups in total. The van der Waals surface area contributed by atoms with E-state index < -0.39 is 0 Å². The lowest BCUT2D eigenvalue weighted by Crippen LogP contribution is -2.40. The molecule has 0 aliphatic carbocycles. The van der Waals surface area contributed by atoms with E-state index in [1.54, 1.807) is 7.11 Å². The fraction of sp³-hybridized carbons (Fsp3) is 0.647. The quantitative estimate of drug-likeness (QED) is 0.898. The predicted octanol–water partition coefficient (Wildman–Crippen LogP) is 3.47. The van der Waals surface area contributed by atoms with Gasteiger partial charge in [0.25, 0.3) is 0 Å².